The van der Waals surface area contributed by atoms with Crippen LogP contribution >= 0.6 is 0 Å². The van der Waals surface area contributed by atoms with Gasteiger partial charge in [0.2, 0.25) is 0 Å². The molecule has 4 aromatic carbocycles. The van der Waals surface area contributed by atoms with E-state index in [1.807, 2.05) is 74.8 Å². The van der Waals surface area contributed by atoms with Crippen molar-refractivity contribution in [2.45, 2.75) is 46.0 Å². The minimum Gasteiger partial charge on any atom is -0.505 e. The lowest BCUT2D eigenvalue weighted by atomic mass is 10.0. The van der Waals surface area contributed by atoms with Gasteiger partial charge in [-0.2, -0.15) is 10.2 Å². The number of hydrogen-bond acceptors (Lipinski definition) is 10. The zero-order valence-electron chi connectivity index (χ0n) is 34.1. The van der Waals surface area contributed by atoms with Crippen LogP contribution in [0, 0.1) is 23.7 Å². The molecule has 2 aliphatic rings. The number of fused-ring (bicyclic) bond motifs is 2. The summed E-state index contributed by atoms with van der Waals surface area (Å²) < 4.78 is 0. The quantitative estimate of drug-likeness (QED) is 0.0423. The van der Waals surface area contributed by atoms with E-state index in [-0.39, 0.29) is 45.8 Å². The number of nitrogens with one attached hydrogen (secondary N) is 4. The molecule has 0 bridgehead atoms. The summed E-state index contributed by atoms with van der Waals surface area (Å²) in [5.41, 5.74) is 2.21. The molecule has 0 unspecified atom stereocenters. The van der Waals surface area contributed by atoms with Crippen molar-refractivity contribution in [1.82, 2.24) is 21.3 Å². The molecule has 0 saturated heterocycles. The standard InChI is InChI=1S/2C22H22N4O2.C3H8/c2*1-23-13-8-14-24-22(28)19-15-16-9-6-7-12-18(16)20(21(19)27)26-25-17-10-4-2-3-5-11-17;1-3-2/h2*4,6-7,9-12,15,23,27H,5,8,13-14H2,1H3,(H,24,28);3H2,1-2H3. The largest absolute Gasteiger partial charge is 0.505 e. The number of carbonyl (C=O) groups excluding carboxylic acids is 2. The molecular weight excluding hydrogens is 741 g/mol. The van der Waals surface area contributed by atoms with E-state index in [0.29, 0.717) is 37.3 Å². The molecule has 12 nitrogen and oxygen atoms in total. The number of amides is 2. The lowest BCUT2D eigenvalue weighted by molar-refractivity contribution is 0.0942. The van der Waals surface area contributed by atoms with Crippen LogP contribution in [-0.2, 0) is 0 Å². The molecule has 6 rings (SSSR count). The summed E-state index contributed by atoms with van der Waals surface area (Å²) in [5, 5.41) is 53.3. The highest BCUT2D eigenvalue weighted by Gasteiger charge is 2.19. The Labute approximate surface area is 346 Å². The molecule has 0 atom stereocenters. The Morgan fingerprint density at radius 2 is 1.03 bits per heavy atom. The average Bonchev–Trinajstić information content (AvgIpc) is 3.69. The number of rotatable bonds is 14. The molecule has 0 spiro atoms. The van der Waals surface area contributed by atoms with Gasteiger partial charge in [0, 0.05) is 36.7 Å². The molecule has 6 N–H and O–H groups in total. The maximum atomic E-state index is 12.6. The van der Waals surface area contributed by atoms with Gasteiger partial charge in [-0.05, 0) is 99.4 Å². The van der Waals surface area contributed by atoms with Crippen molar-refractivity contribution in [2.24, 2.45) is 20.5 Å². The number of phenols is 2. The fourth-order valence-electron chi connectivity index (χ4n) is 5.61. The highest BCUT2D eigenvalue weighted by Crippen LogP contribution is 2.40. The first-order valence-corrected chi connectivity index (χ1v) is 19.7. The molecule has 0 radical (unpaired) electrons. The van der Waals surface area contributed by atoms with Crippen molar-refractivity contribution < 1.29 is 19.8 Å². The molecule has 4 aromatic rings. The molecule has 2 aliphatic carbocycles. The van der Waals surface area contributed by atoms with Crippen molar-refractivity contribution >= 4 is 44.7 Å². The third kappa shape index (κ3) is 13.6. The van der Waals surface area contributed by atoms with Crippen LogP contribution in [0.5, 0.6) is 11.5 Å². The second-order valence-electron chi connectivity index (χ2n) is 13.2. The van der Waals surface area contributed by atoms with Crippen LogP contribution in [0.3, 0.4) is 0 Å². The summed E-state index contributed by atoms with van der Waals surface area (Å²) >= 11 is 0. The van der Waals surface area contributed by atoms with Crippen LogP contribution in [0.4, 0.5) is 11.4 Å². The summed E-state index contributed by atoms with van der Waals surface area (Å²) in [6.07, 6.45) is 14.7. The third-order valence-electron chi connectivity index (χ3n) is 8.49. The monoisotopic (exact) mass is 792 g/mol. The molecular formula is C47H52N8O4. The second-order valence-corrected chi connectivity index (χ2v) is 13.2. The Morgan fingerprint density at radius 3 is 1.44 bits per heavy atom. The van der Waals surface area contributed by atoms with Gasteiger partial charge in [0.1, 0.15) is 11.4 Å². The van der Waals surface area contributed by atoms with Crippen LogP contribution in [-0.4, -0.2) is 62.3 Å². The average molecular weight is 793 g/mol. The molecule has 0 fully saturated rings. The van der Waals surface area contributed by atoms with Crippen molar-refractivity contribution in [3.8, 4) is 35.2 Å². The highest BCUT2D eigenvalue weighted by molar-refractivity contribution is 6.07. The first kappa shape index (κ1) is 44.8. The molecule has 12 heteroatoms. The number of phenolic OH excluding ortho intramolecular Hbond substituents is 2. The van der Waals surface area contributed by atoms with E-state index in [0.717, 1.165) is 47.5 Å². The number of aromatic hydroxyl groups is 2. The Hall–Kier alpha value is -6.86. The van der Waals surface area contributed by atoms with E-state index in [9.17, 15) is 19.8 Å². The maximum absolute atomic E-state index is 12.6. The summed E-state index contributed by atoms with van der Waals surface area (Å²) in [6, 6.07) is 18.3. The summed E-state index contributed by atoms with van der Waals surface area (Å²) in [5.74, 6) is 10.6. The Bertz CT molecular complexity index is 2240. The van der Waals surface area contributed by atoms with Crippen molar-refractivity contribution in [3.05, 3.63) is 120 Å². The molecule has 0 saturated carbocycles. The number of carbonyl (C=O) groups is 2. The summed E-state index contributed by atoms with van der Waals surface area (Å²) in [4.78, 5) is 25.1. The van der Waals surface area contributed by atoms with Crippen molar-refractivity contribution in [3.63, 3.8) is 0 Å². The number of nitrogens with zero attached hydrogens (tertiary/aromatic N) is 4. The normalized spacial score (nSPS) is 12.7. The van der Waals surface area contributed by atoms with E-state index in [2.05, 4.69) is 79.3 Å². The van der Waals surface area contributed by atoms with Crippen molar-refractivity contribution in [2.75, 3.05) is 40.3 Å². The third-order valence-corrected chi connectivity index (χ3v) is 8.49. The van der Waals surface area contributed by atoms with Gasteiger partial charge in [0.05, 0.1) is 22.5 Å². The molecule has 2 amide bonds. The number of allylic oxidation sites excluding steroid dienone is 6. The highest BCUT2D eigenvalue weighted by atomic mass is 16.3. The summed E-state index contributed by atoms with van der Waals surface area (Å²) in [7, 11) is 3.72. The van der Waals surface area contributed by atoms with Gasteiger partial charge in [-0.25, -0.2) is 0 Å². The van der Waals surface area contributed by atoms with Gasteiger partial charge in [-0.15, -0.1) is 10.2 Å². The molecule has 0 heterocycles. The Balaban J connectivity index is 0.000000244. The smallest absolute Gasteiger partial charge is 0.255 e. The van der Waals surface area contributed by atoms with Gasteiger partial charge in [0.15, 0.2) is 11.5 Å². The lowest BCUT2D eigenvalue weighted by Gasteiger charge is -2.11. The predicted octanol–water partition coefficient (Wildman–Crippen LogP) is 9.05. The van der Waals surface area contributed by atoms with Crippen LogP contribution < -0.4 is 21.3 Å². The zero-order valence-corrected chi connectivity index (χ0v) is 34.1. The minimum absolute atomic E-state index is 0.178. The fraction of sp³-hybridized carbons (Fsp3) is 0.277. The van der Waals surface area contributed by atoms with Gasteiger partial charge in [-0.1, -0.05) is 92.5 Å². The molecule has 0 aliphatic heterocycles. The van der Waals surface area contributed by atoms with Crippen LogP contribution in [0.15, 0.2) is 129 Å². The zero-order chi connectivity index (χ0) is 42.2. The second kappa shape index (κ2) is 24.7. The van der Waals surface area contributed by atoms with Crippen LogP contribution in [0.25, 0.3) is 21.5 Å². The number of benzene rings is 4. The number of azo groups is 2. The topological polar surface area (TPSA) is 172 Å². The first-order chi connectivity index (χ1) is 28.8. The van der Waals surface area contributed by atoms with E-state index >= 15 is 0 Å². The van der Waals surface area contributed by atoms with E-state index in [4.69, 9.17) is 0 Å². The van der Waals surface area contributed by atoms with Gasteiger partial charge < -0.3 is 31.5 Å². The fourth-order valence-corrected chi connectivity index (χ4v) is 5.61. The predicted molar refractivity (Wildman–Crippen MR) is 237 cm³/mol. The van der Waals surface area contributed by atoms with Gasteiger partial charge >= 0.3 is 0 Å². The number of hydrogen-bond donors (Lipinski definition) is 6. The van der Waals surface area contributed by atoms with E-state index in [1.165, 1.54) is 6.42 Å². The van der Waals surface area contributed by atoms with Gasteiger partial charge in [0.25, 0.3) is 11.8 Å². The Kier molecular flexibility index (Phi) is 18.8. The molecule has 304 valence electrons. The maximum Gasteiger partial charge on any atom is 0.255 e. The summed E-state index contributed by atoms with van der Waals surface area (Å²) in [6.45, 7) is 6.88. The SMILES string of the molecule is CCC.CNCCCNC(=O)c1cc2ccccc2c(N=NC2=CCC#CC=C2)c1O.CNCCCNC(=O)c1cc2ccccc2c(N=NC2=CCC#CC=C2)c1O. The molecule has 59 heavy (non-hydrogen) atoms. The molecule has 0 aromatic heterocycles. The Morgan fingerprint density at radius 1 is 0.627 bits per heavy atom. The van der Waals surface area contributed by atoms with Crippen LogP contribution in [0.2, 0.25) is 0 Å². The van der Waals surface area contributed by atoms with Gasteiger partial charge in [-0.3, -0.25) is 9.59 Å². The van der Waals surface area contributed by atoms with Crippen LogP contribution in [0.1, 0.15) is 66.7 Å². The lowest BCUT2D eigenvalue weighted by Crippen LogP contribution is -2.26. The van der Waals surface area contributed by atoms with E-state index in [1.54, 1.807) is 36.4 Å². The van der Waals surface area contributed by atoms with Crippen molar-refractivity contribution in [1.29, 1.82) is 0 Å². The minimum atomic E-state index is -0.335. The van der Waals surface area contributed by atoms with E-state index < -0.39 is 0 Å². The first-order valence-electron chi connectivity index (χ1n) is 19.7.